The lowest BCUT2D eigenvalue weighted by Gasteiger charge is -2.15. The zero-order chi connectivity index (χ0) is 52.7. The first-order valence-electron chi connectivity index (χ1n) is 32.3. The standard InChI is InChI=1S/C68H124O5/c1-3-5-7-9-11-13-15-17-19-21-23-24-25-26-27-28-29-30-31-32-33-34-35-36-37-38-39-40-41-42-43-44-45-47-49-51-53-55-57-59-61-63-68(71)73-66(64-69)65-72-67(70)62-60-58-56-54-52-50-48-46-22-20-18-16-14-12-10-8-6-4-2/h5,7,11,13,17,19-20,22-24,66,69H,3-4,6,8-10,12,14-16,18,21,25-65H2,1-2H3/b7-5-,13-11-,19-17-,22-20-,24-23-. The minimum Gasteiger partial charge on any atom is -0.462 e. The second-order valence-electron chi connectivity index (χ2n) is 21.8. The monoisotopic (exact) mass is 1020 g/mol. The van der Waals surface area contributed by atoms with E-state index in [4.69, 9.17) is 9.47 Å². The number of hydrogen-bond acceptors (Lipinski definition) is 5. The lowest BCUT2D eigenvalue weighted by molar-refractivity contribution is -0.161. The highest BCUT2D eigenvalue weighted by atomic mass is 16.6. The van der Waals surface area contributed by atoms with E-state index >= 15 is 0 Å². The van der Waals surface area contributed by atoms with Crippen molar-refractivity contribution in [1.29, 1.82) is 0 Å². The molecular weight excluding hydrogens is 897 g/mol. The predicted molar refractivity (Wildman–Crippen MR) is 320 cm³/mol. The summed E-state index contributed by atoms with van der Waals surface area (Å²) in [5.74, 6) is -0.578. The van der Waals surface area contributed by atoms with Crippen LogP contribution in [0, 0.1) is 0 Å². The Bertz CT molecular complexity index is 1250. The second-order valence-corrected chi connectivity index (χ2v) is 21.8. The molecule has 0 fully saturated rings. The highest BCUT2D eigenvalue weighted by molar-refractivity contribution is 5.70. The van der Waals surface area contributed by atoms with Crippen molar-refractivity contribution in [3.8, 4) is 0 Å². The molecule has 0 aliphatic carbocycles. The number of carbonyl (C=O) groups is 2. The van der Waals surface area contributed by atoms with Crippen LogP contribution in [0.4, 0.5) is 0 Å². The van der Waals surface area contributed by atoms with Gasteiger partial charge < -0.3 is 14.6 Å². The number of esters is 2. The maximum atomic E-state index is 12.3. The van der Waals surface area contributed by atoms with Gasteiger partial charge in [-0.05, 0) is 77.0 Å². The minimum atomic E-state index is -0.772. The molecule has 0 aromatic heterocycles. The van der Waals surface area contributed by atoms with Crippen LogP contribution in [0.15, 0.2) is 60.8 Å². The number of ether oxygens (including phenoxy) is 2. The Hall–Kier alpha value is -2.40. The lowest BCUT2D eigenvalue weighted by Crippen LogP contribution is -2.28. The molecule has 1 N–H and O–H groups in total. The Kier molecular flexibility index (Phi) is 61.8. The number of aliphatic hydroxyl groups is 1. The molecule has 0 radical (unpaired) electrons. The first-order chi connectivity index (χ1) is 36.1. The summed E-state index contributed by atoms with van der Waals surface area (Å²) in [4.78, 5) is 24.5. The van der Waals surface area contributed by atoms with Crippen LogP contribution in [0.3, 0.4) is 0 Å². The van der Waals surface area contributed by atoms with Crippen molar-refractivity contribution in [2.45, 2.75) is 347 Å². The van der Waals surface area contributed by atoms with Crippen LogP contribution >= 0.6 is 0 Å². The van der Waals surface area contributed by atoms with Crippen LogP contribution in [0.1, 0.15) is 341 Å². The van der Waals surface area contributed by atoms with Crippen molar-refractivity contribution in [2.75, 3.05) is 13.2 Å². The van der Waals surface area contributed by atoms with Gasteiger partial charge in [-0.25, -0.2) is 0 Å². The van der Waals surface area contributed by atoms with Gasteiger partial charge in [0.1, 0.15) is 6.61 Å². The maximum absolute atomic E-state index is 12.3. The Labute approximate surface area is 455 Å². The molecule has 5 heteroatoms. The van der Waals surface area contributed by atoms with Gasteiger partial charge in [-0.15, -0.1) is 0 Å². The minimum absolute atomic E-state index is 0.0637. The summed E-state index contributed by atoms with van der Waals surface area (Å²) in [6.07, 6.45) is 86.8. The molecule has 0 rings (SSSR count). The van der Waals surface area contributed by atoms with E-state index in [-0.39, 0.29) is 25.2 Å². The largest absolute Gasteiger partial charge is 0.462 e. The quantitative estimate of drug-likeness (QED) is 0.0373. The fourth-order valence-corrected chi connectivity index (χ4v) is 9.72. The Morgan fingerprint density at radius 3 is 0.904 bits per heavy atom. The van der Waals surface area contributed by atoms with Crippen LogP contribution in [0.5, 0.6) is 0 Å². The normalized spacial score (nSPS) is 12.5. The number of unbranched alkanes of at least 4 members (excludes halogenated alkanes) is 42. The van der Waals surface area contributed by atoms with E-state index in [9.17, 15) is 14.7 Å². The van der Waals surface area contributed by atoms with Gasteiger partial charge in [0.2, 0.25) is 0 Å². The van der Waals surface area contributed by atoms with E-state index in [1.807, 2.05) is 0 Å². The molecule has 426 valence electrons. The topological polar surface area (TPSA) is 72.8 Å². The molecule has 0 saturated carbocycles. The molecule has 0 amide bonds. The Morgan fingerprint density at radius 1 is 0.329 bits per heavy atom. The molecule has 0 saturated heterocycles. The molecule has 1 unspecified atom stereocenters. The fraction of sp³-hybridized carbons (Fsp3) is 0.824. The molecular formula is C68H124O5. The average molecular weight is 1020 g/mol. The molecule has 5 nitrogen and oxygen atoms in total. The number of carbonyl (C=O) groups excluding carboxylic acids is 2. The highest BCUT2D eigenvalue weighted by Crippen LogP contribution is 2.18. The van der Waals surface area contributed by atoms with E-state index in [2.05, 4.69) is 74.6 Å². The maximum Gasteiger partial charge on any atom is 0.306 e. The third-order valence-corrected chi connectivity index (χ3v) is 14.5. The van der Waals surface area contributed by atoms with Gasteiger partial charge in [-0.2, -0.15) is 0 Å². The number of aliphatic hydroxyl groups excluding tert-OH is 1. The molecule has 0 aliphatic rings. The third-order valence-electron chi connectivity index (χ3n) is 14.5. The van der Waals surface area contributed by atoms with Crippen LogP contribution in [-0.2, 0) is 19.1 Å². The zero-order valence-electron chi connectivity index (χ0n) is 48.9. The van der Waals surface area contributed by atoms with Gasteiger partial charge in [0.25, 0.3) is 0 Å². The Morgan fingerprint density at radius 2 is 0.589 bits per heavy atom. The van der Waals surface area contributed by atoms with Crippen molar-refractivity contribution in [3.05, 3.63) is 60.8 Å². The molecule has 0 aromatic carbocycles. The summed E-state index contributed by atoms with van der Waals surface area (Å²) in [6.45, 7) is 4.06. The molecule has 0 spiro atoms. The van der Waals surface area contributed by atoms with Crippen molar-refractivity contribution in [1.82, 2.24) is 0 Å². The van der Waals surface area contributed by atoms with Crippen LogP contribution < -0.4 is 0 Å². The second kappa shape index (κ2) is 63.9. The number of allylic oxidation sites excluding steroid dienone is 10. The molecule has 1 atom stereocenters. The van der Waals surface area contributed by atoms with E-state index < -0.39 is 6.10 Å². The van der Waals surface area contributed by atoms with E-state index in [0.29, 0.717) is 12.8 Å². The van der Waals surface area contributed by atoms with Gasteiger partial charge in [0.05, 0.1) is 6.61 Å². The van der Waals surface area contributed by atoms with Gasteiger partial charge in [0, 0.05) is 12.8 Å². The van der Waals surface area contributed by atoms with Gasteiger partial charge in [-0.3, -0.25) is 9.59 Å². The average Bonchev–Trinajstić information content (AvgIpc) is 3.39. The van der Waals surface area contributed by atoms with Gasteiger partial charge >= 0.3 is 11.9 Å². The van der Waals surface area contributed by atoms with Crippen molar-refractivity contribution >= 4 is 11.9 Å². The molecule has 0 aromatic rings. The van der Waals surface area contributed by atoms with E-state index in [0.717, 1.165) is 64.2 Å². The SMILES string of the molecule is CC/C=C\C/C=C\C/C=C\C/C=C\CCCCCCCCCCCCCCCCCCCCCCCCCCCCCCC(=O)OC(CO)COC(=O)CCCCCCCCC/C=C\CCCCCCCCC. The van der Waals surface area contributed by atoms with Crippen LogP contribution in [0.25, 0.3) is 0 Å². The van der Waals surface area contributed by atoms with E-state index in [1.54, 1.807) is 0 Å². The molecule has 0 aliphatic heterocycles. The molecule has 73 heavy (non-hydrogen) atoms. The molecule has 0 bridgehead atoms. The van der Waals surface area contributed by atoms with Crippen molar-refractivity contribution in [3.63, 3.8) is 0 Å². The van der Waals surface area contributed by atoms with Crippen LogP contribution in [0.2, 0.25) is 0 Å². The van der Waals surface area contributed by atoms with E-state index in [1.165, 1.54) is 250 Å². The summed E-state index contributed by atoms with van der Waals surface area (Å²) >= 11 is 0. The Balaban J connectivity index is 3.37. The highest BCUT2D eigenvalue weighted by Gasteiger charge is 2.16. The summed E-state index contributed by atoms with van der Waals surface area (Å²) < 4.78 is 10.7. The van der Waals surface area contributed by atoms with Crippen molar-refractivity contribution in [2.24, 2.45) is 0 Å². The lowest BCUT2D eigenvalue weighted by atomic mass is 10.0. The smallest absolute Gasteiger partial charge is 0.306 e. The summed E-state index contributed by atoms with van der Waals surface area (Å²) in [6, 6.07) is 0. The summed E-state index contributed by atoms with van der Waals surface area (Å²) in [7, 11) is 0. The van der Waals surface area contributed by atoms with Crippen molar-refractivity contribution < 1.29 is 24.2 Å². The fourth-order valence-electron chi connectivity index (χ4n) is 9.72. The summed E-state index contributed by atoms with van der Waals surface area (Å²) in [5.41, 5.74) is 0. The third kappa shape index (κ3) is 62.0. The summed E-state index contributed by atoms with van der Waals surface area (Å²) in [5, 5.41) is 9.66. The molecule has 0 heterocycles. The first kappa shape index (κ1) is 70.6. The number of rotatable bonds is 60. The number of hydrogen-bond donors (Lipinski definition) is 1. The van der Waals surface area contributed by atoms with Gasteiger partial charge in [-0.1, -0.05) is 312 Å². The first-order valence-corrected chi connectivity index (χ1v) is 32.3. The zero-order valence-corrected chi connectivity index (χ0v) is 48.9. The van der Waals surface area contributed by atoms with Crippen LogP contribution in [-0.4, -0.2) is 36.4 Å². The predicted octanol–water partition coefficient (Wildman–Crippen LogP) is 22.1. The van der Waals surface area contributed by atoms with Gasteiger partial charge in [0.15, 0.2) is 6.10 Å².